The Hall–Kier alpha value is -5.19. The van der Waals surface area contributed by atoms with E-state index < -0.39 is 29.3 Å². The van der Waals surface area contributed by atoms with Crippen LogP contribution in [0.5, 0.6) is 0 Å². The molecule has 0 radical (unpaired) electrons. The third kappa shape index (κ3) is 9.51. The SMILES string of the molecule is C=C(C(CC(=O)OC)C(C)C)N1CCC[C@H]1C1=Cc2cc([C@H]3CC[C@H](c4ccc5nc([C@@H]6CCCC6(C)C(=O)C(NC(C)=O)C(C)C)[nH]c5c4)C3c3cc(F)c(C4CCC(F)CC4)c(F)c3)ccc2C1. The molecule has 2 heterocycles. The van der Waals surface area contributed by atoms with Crippen LogP contribution in [0.3, 0.4) is 0 Å². The standard InChI is InChI=1S/C59H73F3N4O4/c1-32(2)46(31-53(68)70-8)34(5)66-24-10-12-52(66)41-25-37-13-14-38(26-40(37)27-41)44-20-21-45(54(44)42-28-48(61)55(49(62)29-42)36-15-18-43(60)19-16-36)39-17-22-50-51(30-39)65-58(64-50)47-11-9-23-59(47,7)57(69)56(33(3)4)63-35(6)67/h13-14,17,22,26-30,32-33,36,43-47,52,54,56H,5,9-12,15-16,18-21,23-25,31H2,1-4,6-8H3,(H,63,67)(H,64,65)/t36?,43?,44-,45-,46?,47+,52+,54?,56?,59?/m1/s1. The predicted molar refractivity (Wildman–Crippen MR) is 270 cm³/mol. The lowest BCUT2D eigenvalue weighted by atomic mass is 9.71. The number of hydrogen-bond acceptors (Lipinski definition) is 6. The van der Waals surface area contributed by atoms with Crippen molar-refractivity contribution in [2.24, 2.45) is 23.2 Å². The van der Waals surface area contributed by atoms with Crippen molar-refractivity contribution in [1.82, 2.24) is 20.2 Å². The van der Waals surface area contributed by atoms with E-state index in [9.17, 15) is 18.8 Å². The number of aromatic nitrogens is 2. The quantitative estimate of drug-likeness (QED) is 0.115. The van der Waals surface area contributed by atoms with Gasteiger partial charge in [-0.05, 0) is 164 Å². The second-order valence-electron chi connectivity index (χ2n) is 22.5. The first-order chi connectivity index (χ1) is 33.4. The van der Waals surface area contributed by atoms with Crippen molar-refractivity contribution in [2.45, 2.75) is 173 Å². The van der Waals surface area contributed by atoms with Gasteiger partial charge in [0.25, 0.3) is 0 Å². The number of amides is 1. The third-order valence-corrected chi connectivity index (χ3v) is 17.5. The number of alkyl halides is 1. The number of imidazole rings is 1. The fourth-order valence-electron chi connectivity index (χ4n) is 13.7. The molecule has 0 spiro atoms. The number of likely N-dealkylation sites (tertiary alicyclic amines) is 1. The molecular weight excluding hydrogens is 886 g/mol. The topological polar surface area (TPSA) is 104 Å². The van der Waals surface area contributed by atoms with Crippen molar-refractivity contribution in [3.63, 3.8) is 0 Å². The number of rotatable bonds is 15. The second-order valence-corrected chi connectivity index (χ2v) is 22.5. The van der Waals surface area contributed by atoms with E-state index in [0.717, 1.165) is 85.2 Å². The Morgan fingerprint density at radius 2 is 1.57 bits per heavy atom. The first-order valence-electron chi connectivity index (χ1n) is 26.2. The number of Topliss-reactive ketones (excluding diaryl/α,β-unsaturated/α-hetero) is 1. The molecule has 0 bridgehead atoms. The maximum atomic E-state index is 16.5. The van der Waals surface area contributed by atoms with Crippen molar-refractivity contribution in [3.8, 4) is 0 Å². The molecule has 11 heteroatoms. The van der Waals surface area contributed by atoms with Gasteiger partial charge < -0.3 is 19.9 Å². The summed E-state index contributed by atoms with van der Waals surface area (Å²) in [4.78, 5) is 50.0. The molecule has 1 saturated heterocycles. The van der Waals surface area contributed by atoms with Gasteiger partial charge in [0.05, 0.1) is 36.6 Å². The number of H-pyrrole nitrogens is 1. The lowest BCUT2D eigenvalue weighted by Gasteiger charge is -2.35. The van der Waals surface area contributed by atoms with Gasteiger partial charge in [-0.15, -0.1) is 0 Å². The highest BCUT2D eigenvalue weighted by molar-refractivity contribution is 5.94. The van der Waals surface area contributed by atoms with Gasteiger partial charge in [-0.2, -0.15) is 0 Å². The summed E-state index contributed by atoms with van der Waals surface area (Å²) in [7, 11) is 1.44. The number of hydrogen-bond donors (Lipinski definition) is 2. The summed E-state index contributed by atoms with van der Waals surface area (Å²) in [6, 6.07) is 15.8. The predicted octanol–water partition coefficient (Wildman–Crippen LogP) is 13.0. The molecule has 1 aromatic heterocycles. The zero-order valence-electron chi connectivity index (χ0n) is 42.3. The number of methoxy groups -OCH3 is 1. The summed E-state index contributed by atoms with van der Waals surface area (Å²) in [5, 5.41) is 2.92. The number of aromatic amines is 1. The Kier molecular flexibility index (Phi) is 14.3. The van der Waals surface area contributed by atoms with Crippen molar-refractivity contribution in [1.29, 1.82) is 0 Å². The molecular formula is C59H73F3N4O4. The Bertz CT molecular complexity index is 2660. The monoisotopic (exact) mass is 959 g/mol. The summed E-state index contributed by atoms with van der Waals surface area (Å²) in [5.41, 5.74) is 8.67. The van der Waals surface area contributed by atoms with Crippen LogP contribution in [-0.2, 0) is 25.5 Å². The highest BCUT2D eigenvalue weighted by Gasteiger charge is 2.50. The molecule has 70 heavy (non-hydrogen) atoms. The van der Waals surface area contributed by atoms with E-state index in [-0.39, 0.29) is 76.6 Å². The fourth-order valence-corrected chi connectivity index (χ4v) is 13.7. The molecule has 4 fully saturated rings. The van der Waals surface area contributed by atoms with Gasteiger partial charge in [-0.1, -0.05) is 78.0 Å². The lowest BCUT2D eigenvalue weighted by Crippen LogP contribution is -2.50. The molecule has 1 aliphatic heterocycles. The van der Waals surface area contributed by atoms with Crippen LogP contribution in [0.2, 0.25) is 0 Å². The van der Waals surface area contributed by atoms with E-state index in [1.54, 1.807) is 12.1 Å². The maximum Gasteiger partial charge on any atom is 0.306 e. The summed E-state index contributed by atoms with van der Waals surface area (Å²) in [6.07, 6.45) is 10.1. The third-order valence-electron chi connectivity index (χ3n) is 17.5. The average Bonchev–Trinajstić information content (AvgIpc) is 4.18. The normalized spacial score (nSPS) is 27.5. The van der Waals surface area contributed by atoms with E-state index in [0.29, 0.717) is 44.1 Å². The van der Waals surface area contributed by atoms with Gasteiger partial charge >= 0.3 is 5.97 Å². The van der Waals surface area contributed by atoms with Crippen molar-refractivity contribution < 1.29 is 32.3 Å². The van der Waals surface area contributed by atoms with Gasteiger partial charge in [0.2, 0.25) is 5.91 Å². The summed E-state index contributed by atoms with van der Waals surface area (Å²) >= 11 is 0. The number of carbonyl (C=O) groups excluding carboxylic acids is 3. The number of benzene rings is 3. The molecule has 1 amide bonds. The van der Waals surface area contributed by atoms with Gasteiger partial charge in [-0.25, -0.2) is 18.2 Å². The summed E-state index contributed by atoms with van der Waals surface area (Å²) in [6.45, 7) is 17.1. The number of ketones is 1. The smallest absolute Gasteiger partial charge is 0.306 e. The highest BCUT2D eigenvalue weighted by Crippen LogP contribution is 2.56. The Balaban J connectivity index is 1.04. The van der Waals surface area contributed by atoms with Gasteiger partial charge in [0, 0.05) is 42.0 Å². The Morgan fingerprint density at radius 3 is 2.23 bits per heavy atom. The Morgan fingerprint density at radius 1 is 0.886 bits per heavy atom. The zero-order valence-corrected chi connectivity index (χ0v) is 42.3. The van der Waals surface area contributed by atoms with E-state index in [2.05, 4.69) is 72.0 Å². The Labute approximate surface area is 412 Å². The molecule has 2 N–H and O–H groups in total. The van der Waals surface area contributed by atoms with Crippen LogP contribution in [0.25, 0.3) is 17.1 Å². The number of carbonyl (C=O) groups is 3. The molecule has 3 aromatic carbocycles. The molecule has 9 rings (SSSR count). The first-order valence-corrected chi connectivity index (χ1v) is 26.2. The van der Waals surface area contributed by atoms with E-state index in [4.69, 9.17) is 9.72 Å². The summed E-state index contributed by atoms with van der Waals surface area (Å²) in [5.74, 6) is -1.39. The highest BCUT2D eigenvalue weighted by atomic mass is 19.1. The van der Waals surface area contributed by atoms with Gasteiger partial charge in [-0.3, -0.25) is 14.4 Å². The molecule has 4 aromatic rings. The largest absolute Gasteiger partial charge is 0.469 e. The number of fused-ring (bicyclic) bond motifs is 2. The van der Waals surface area contributed by atoms with Gasteiger partial charge in [0.1, 0.15) is 23.6 Å². The molecule has 5 aliphatic rings. The van der Waals surface area contributed by atoms with Crippen molar-refractivity contribution >= 4 is 34.8 Å². The average molecular weight is 959 g/mol. The molecule has 3 saturated carbocycles. The van der Waals surface area contributed by atoms with E-state index >= 15 is 8.78 Å². The molecule has 374 valence electrons. The fraction of sp³-hybridized carbons (Fsp3) is 0.559. The molecule has 8 atom stereocenters. The molecule has 4 unspecified atom stereocenters. The minimum absolute atomic E-state index is 0.0141. The zero-order chi connectivity index (χ0) is 49.8. The van der Waals surface area contributed by atoms with Crippen LogP contribution in [0, 0.1) is 34.8 Å². The first kappa shape index (κ1) is 49.8. The number of nitrogens with zero attached hydrogens (tertiary/aromatic N) is 2. The van der Waals surface area contributed by atoms with E-state index in [1.807, 2.05) is 26.8 Å². The van der Waals surface area contributed by atoms with Crippen molar-refractivity contribution in [2.75, 3.05) is 13.7 Å². The van der Waals surface area contributed by atoms with Crippen LogP contribution < -0.4 is 5.32 Å². The summed E-state index contributed by atoms with van der Waals surface area (Å²) < 4.78 is 52.3. The van der Waals surface area contributed by atoms with Crippen LogP contribution in [0.15, 0.2) is 66.4 Å². The number of ether oxygens (including phenoxy) is 1. The molecule has 4 aliphatic carbocycles. The van der Waals surface area contributed by atoms with Crippen LogP contribution in [0.1, 0.15) is 187 Å². The van der Waals surface area contributed by atoms with E-state index in [1.165, 1.54) is 30.7 Å². The molecule has 8 nitrogen and oxygen atoms in total. The van der Waals surface area contributed by atoms with Crippen LogP contribution in [0.4, 0.5) is 13.2 Å². The van der Waals surface area contributed by atoms with Crippen LogP contribution >= 0.6 is 0 Å². The minimum atomic E-state index is -0.924. The minimum Gasteiger partial charge on any atom is -0.469 e. The second kappa shape index (κ2) is 20.1. The lowest BCUT2D eigenvalue weighted by molar-refractivity contribution is -0.142. The number of halogens is 3. The number of nitrogens with one attached hydrogen (secondary N) is 2. The number of allylic oxidation sites excluding steroid dienone is 1. The van der Waals surface area contributed by atoms with Gasteiger partial charge in [0.15, 0.2) is 5.78 Å². The van der Waals surface area contributed by atoms with Crippen LogP contribution in [-0.4, -0.2) is 64.4 Å². The van der Waals surface area contributed by atoms with Crippen molar-refractivity contribution in [3.05, 3.63) is 117 Å². The maximum absolute atomic E-state index is 16.5. The number of esters is 1.